The van der Waals surface area contributed by atoms with Crippen molar-refractivity contribution in [3.63, 3.8) is 0 Å². The number of anilines is 1. The van der Waals surface area contributed by atoms with Crippen molar-refractivity contribution in [2.45, 2.75) is 13.8 Å². The lowest BCUT2D eigenvalue weighted by Gasteiger charge is -2.22. The zero-order chi connectivity index (χ0) is 15.1. The molecule has 0 aromatic heterocycles. The molecule has 7 nitrogen and oxygen atoms in total. The predicted molar refractivity (Wildman–Crippen MR) is 74.2 cm³/mol. The summed E-state index contributed by atoms with van der Waals surface area (Å²) in [6.45, 7) is 4.19. The molecule has 0 bridgehead atoms. The Morgan fingerprint density at radius 3 is 2.60 bits per heavy atom. The molecule has 0 radical (unpaired) electrons. The van der Waals surface area contributed by atoms with Crippen molar-refractivity contribution in [1.29, 1.82) is 0 Å². The number of ether oxygens (including phenoxy) is 2. The maximum absolute atomic E-state index is 11.6. The van der Waals surface area contributed by atoms with Crippen molar-refractivity contribution < 1.29 is 19.2 Å². The second-order valence-electron chi connectivity index (χ2n) is 3.90. The molecule has 20 heavy (non-hydrogen) atoms. The average molecular weight is 282 g/mol. The topological polar surface area (TPSA) is 81.9 Å². The van der Waals surface area contributed by atoms with E-state index in [2.05, 4.69) is 0 Å². The number of rotatable bonds is 7. The van der Waals surface area contributed by atoms with Crippen molar-refractivity contribution in [3.05, 3.63) is 28.3 Å². The fraction of sp³-hybridized carbons (Fsp3) is 0.462. The third kappa shape index (κ3) is 3.59. The summed E-state index contributed by atoms with van der Waals surface area (Å²) in [5.41, 5.74) is 0.186. The Hall–Kier alpha value is -2.31. The van der Waals surface area contributed by atoms with Gasteiger partial charge in [-0.05, 0) is 26.0 Å². The molecule has 0 amide bonds. The normalized spacial score (nSPS) is 9.95. The molecule has 0 saturated carbocycles. The van der Waals surface area contributed by atoms with Gasteiger partial charge in [-0.25, -0.2) is 0 Å². The Morgan fingerprint density at radius 1 is 1.40 bits per heavy atom. The molecule has 0 atom stereocenters. The third-order valence-corrected chi connectivity index (χ3v) is 2.73. The van der Waals surface area contributed by atoms with Crippen molar-refractivity contribution >= 4 is 17.3 Å². The van der Waals surface area contributed by atoms with Gasteiger partial charge in [0, 0.05) is 6.54 Å². The Bertz CT molecular complexity index is 490. The van der Waals surface area contributed by atoms with E-state index in [1.54, 1.807) is 24.0 Å². The second kappa shape index (κ2) is 7.32. The predicted octanol–water partition coefficient (Wildman–Crippen LogP) is 1.99. The molecule has 0 aliphatic carbocycles. The van der Waals surface area contributed by atoms with Gasteiger partial charge in [0.2, 0.25) is 0 Å². The van der Waals surface area contributed by atoms with Gasteiger partial charge in [0.15, 0.2) is 5.75 Å². The van der Waals surface area contributed by atoms with Crippen LogP contribution in [0.3, 0.4) is 0 Å². The average Bonchev–Trinajstić information content (AvgIpc) is 2.44. The van der Waals surface area contributed by atoms with E-state index in [-0.39, 0.29) is 24.6 Å². The van der Waals surface area contributed by atoms with E-state index >= 15 is 0 Å². The van der Waals surface area contributed by atoms with Gasteiger partial charge in [0.25, 0.3) is 0 Å². The maximum atomic E-state index is 11.6. The van der Waals surface area contributed by atoms with Gasteiger partial charge < -0.3 is 14.4 Å². The van der Waals surface area contributed by atoms with Crippen molar-refractivity contribution in [1.82, 2.24) is 0 Å². The number of nitro benzene ring substituents is 1. The van der Waals surface area contributed by atoms with Crippen LogP contribution in [-0.2, 0) is 9.53 Å². The molecule has 1 rings (SSSR count). The highest BCUT2D eigenvalue weighted by Crippen LogP contribution is 2.36. The lowest BCUT2D eigenvalue weighted by molar-refractivity contribution is -0.385. The highest BCUT2D eigenvalue weighted by molar-refractivity contribution is 5.79. The molecule has 0 N–H and O–H groups in total. The first-order chi connectivity index (χ1) is 9.54. The summed E-state index contributed by atoms with van der Waals surface area (Å²) >= 11 is 0. The van der Waals surface area contributed by atoms with Crippen LogP contribution in [0.4, 0.5) is 11.4 Å². The Morgan fingerprint density at radius 2 is 2.10 bits per heavy atom. The number of esters is 1. The summed E-state index contributed by atoms with van der Waals surface area (Å²) < 4.78 is 9.88. The van der Waals surface area contributed by atoms with Crippen LogP contribution in [0, 0.1) is 10.1 Å². The molecule has 1 aromatic rings. The van der Waals surface area contributed by atoms with E-state index in [4.69, 9.17) is 9.47 Å². The van der Waals surface area contributed by atoms with Crippen LogP contribution in [0.25, 0.3) is 0 Å². The highest BCUT2D eigenvalue weighted by Gasteiger charge is 2.25. The number of carbonyl (C=O) groups excluding carboxylic acids is 1. The molecule has 1 aromatic carbocycles. The first kappa shape index (κ1) is 15.7. The summed E-state index contributed by atoms with van der Waals surface area (Å²) in [5, 5.41) is 11.2. The minimum absolute atomic E-state index is 0.0433. The fourth-order valence-electron chi connectivity index (χ4n) is 1.84. The maximum Gasteiger partial charge on any atom is 0.333 e. The van der Waals surface area contributed by atoms with E-state index in [0.29, 0.717) is 12.2 Å². The summed E-state index contributed by atoms with van der Waals surface area (Å²) in [6.07, 6.45) is 0. The number of carbonyl (C=O) groups is 1. The molecule has 0 unspecified atom stereocenters. The SMILES string of the molecule is CCOC(=O)CN(CC)c1cccc(OC)c1[N+](=O)[O-]. The molecule has 110 valence electrons. The monoisotopic (exact) mass is 282 g/mol. The number of hydrogen-bond acceptors (Lipinski definition) is 6. The van der Waals surface area contributed by atoms with Gasteiger partial charge in [0.05, 0.1) is 18.6 Å². The Labute approximate surface area is 117 Å². The molecule has 0 spiro atoms. The number of likely N-dealkylation sites (N-methyl/N-ethyl adjacent to an activating group) is 1. The van der Waals surface area contributed by atoms with E-state index in [1.807, 2.05) is 6.92 Å². The second-order valence-corrected chi connectivity index (χ2v) is 3.90. The lowest BCUT2D eigenvalue weighted by atomic mass is 10.2. The summed E-state index contributed by atoms with van der Waals surface area (Å²) in [5.74, 6) is -0.263. The van der Waals surface area contributed by atoms with E-state index in [0.717, 1.165) is 0 Å². The first-order valence-corrected chi connectivity index (χ1v) is 6.27. The fourth-order valence-corrected chi connectivity index (χ4v) is 1.84. The molecule has 7 heteroatoms. The van der Waals surface area contributed by atoms with Gasteiger partial charge in [-0.3, -0.25) is 14.9 Å². The first-order valence-electron chi connectivity index (χ1n) is 6.27. The largest absolute Gasteiger partial charge is 0.490 e. The molecule has 0 aliphatic heterocycles. The van der Waals surface area contributed by atoms with Gasteiger partial charge >= 0.3 is 11.7 Å². The van der Waals surface area contributed by atoms with E-state index < -0.39 is 10.9 Å². The smallest absolute Gasteiger partial charge is 0.333 e. The minimum Gasteiger partial charge on any atom is -0.490 e. The molecular weight excluding hydrogens is 264 g/mol. The molecular formula is C13H18N2O5. The van der Waals surface area contributed by atoms with Gasteiger partial charge in [-0.1, -0.05) is 6.07 Å². The van der Waals surface area contributed by atoms with Gasteiger partial charge in [-0.2, -0.15) is 0 Å². The summed E-state index contributed by atoms with van der Waals surface area (Å²) in [6, 6.07) is 4.75. The summed E-state index contributed by atoms with van der Waals surface area (Å²) in [7, 11) is 1.37. The zero-order valence-electron chi connectivity index (χ0n) is 11.8. The number of benzene rings is 1. The third-order valence-electron chi connectivity index (χ3n) is 2.73. The van der Waals surface area contributed by atoms with Crippen LogP contribution in [0.1, 0.15) is 13.8 Å². The minimum atomic E-state index is -0.512. The van der Waals surface area contributed by atoms with Gasteiger partial charge in [0.1, 0.15) is 12.2 Å². The lowest BCUT2D eigenvalue weighted by Crippen LogP contribution is -2.31. The quantitative estimate of drug-likeness (QED) is 0.432. The van der Waals surface area contributed by atoms with E-state index in [1.165, 1.54) is 13.2 Å². The van der Waals surface area contributed by atoms with Gasteiger partial charge in [-0.15, -0.1) is 0 Å². The van der Waals surface area contributed by atoms with Crippen LogP contribution in [0.2, 0.25) is 0 Å². The number of nitrogens with zero attached hydrogens (tertiary/aromatic N) is 2. The number of para-hydroxylation sites is 1. The van der Waals surface area contributed by atoms with Crippen molar-refractivity contribution in [3.8, 4) is 5.75 Å². The zero-order valence-corrected chi connectivity index (χ0v) is 11.8. The molecule has 0 fully saturated rings. The van der Waals surface area contributed by atoms with Crippen LogP contribution in [-0.4, -0.2) is 37.7 Å². The number of nitro groups is 1. The van der Waals surface area contributed by atoms with Crippen LogP contribution < -0.4 is 9.64 Å². The van der Waals surface area contributed by atoms with E-state index in [9.17, 15) is 14.9 Å². The number of hydrogen-bond donors (Lipinski definition) is 0. The number of methoxy groups -OCH3 is 1. The molecule has 0 aliphatic rings. The highest BCUT2D eigenvalue weighted by atomic mass is 16.6. The summed E-state index contributed by atoms with van der Waals surface area (Å²) in [4.78, 5) is 23.8. The molecule has 0 heterocycles. The van der Waals surface area contributed by atoms with Crippen LogP contribution in [0.5, 0.6) is 5.75 Å². The van der Waals surface area contributed by atoms with Crippen LogP contribution >= 0.6 is 0 Å². The standard InChI is InChI=1S/C13H18N2O5/c1-4-14(9-12(16)20-5-2)10-7-6-8-11(19-3)13(10)15(17)18/h6-8H,4-5,9H2,1-3H3. The molecule has 0 saturated heterocycles. The Balaban J connectivity index is 3.14. The van der Waals surface area contributed by atoms with Crippen LogP contribution in [0.15, 0.2) is 18.2 Å². The van der Waals surface area contributed by atoms with Crippen molar-refractivity contribution in [2.24, 2.45) is 0 Å². The van der Waals surface area contributed by atoms with Crippen molar-refractivity contribution in [2.75, 3.05) is 31.7 Å². The Kier molecular flexibility index (Phi) is 5.76.